The number of hydrogen-bond donors (Lipinski definition) is 1. The molecule has 1 N–H and O–H groups in total. The first-order valence-electron chi connectivity index (χ1n) is 5.72. The molecule has 0 radical (unpaired) electrons. The summed E-state index contributed by atoms with van der Waals surface area (Å²) < 4.78 is 1.22. The van der Waals surface area contributed by atoms with Gasteiger partial charge in [0, 0.05) is 9.61 Å². The van der Waals surface area contributed by atoms with Gasteiger partial charge in [-0.3, -0.25) is 0 Å². The lowest BCUT2D eigenvalue weighted by Crippen LogP contribution is -2.07. The van der Waals surface area contributed by atoms with Crippen LogP contribution in [0.2, 0.25) is 0 Å². The minimum Gasteiger partial charge on any atom is -0.377 e. The normalized spacial score (nSPS) is 11.6. The summed E-state index contributed by atoms with van der Waals surface area (Å²) >= 11 is 2.29. The summed E-state index contributed by atoms with van der Waals surface area (Å²) in [5.74, 6) is 0. The Balaban J connectivity index is 2.19. The molecule has 2 aromatic rings. The van der Waals surface area contributed by atoms with Crippen molar-refractivity contribution in [1.29, 1.82) is 5.26 Å². The fraction of sp³-hybridized carbons (Fsp3) is 0.133. The average molecular weight is 348 g/mol. The molecule has 1 atom stereocenters. The number of rotatable bonds is 3. The van der Waals surface area contributed by atoms with Crippen LogP contribution in [0.1, 0.15) is 24.1 Å². The van der Waals surface area contributed by atoms with Gasteiger partial charge in [0.2, 0.25) is 0 Å². The van der Waals surface area contributed by atoms with Gasteiger partial charge >= 0.3 is 0 Å². The van der Waals surface area contributed by atoms with E-state index in [1.807, 2.05) is 24.3 Å². The molecule has 0 aliphatic heterocycles. The maximum atomic E-state index is 9.05. The van der Waals surface area contributed by atoms with E-state index in [9.17, 15) is 0 Å². The van der Waals surface area contributed by atoms with Crippen molar-refractivity contribution >= 4 is 28.3 Å². The highest BCUT2D eigenvalue weighted by atomic mass is 127. The maximum absolute atomic E-state index is 9.05. The zero-order valence-electron chi connectivity index (χ0n) is 10.0. The summed E-state index contributed by atoms with van der Waals surface area (Å²) in [5.41, 5.74) is 2.77. The average Bonchev–Trinajstić information content (AvgIpc) is 2.40. The van der Waals surface area contributed by atoms with Crippen molar-refractivity contribution in [2.24, 2.45) is 0 Å². The first-order chi connectivity index (χ1) is 8.70. The molecule has 0 fully saturated rings. The number of halogens is 1. The Morgan fingerprint density at radius 1 is 1.11 bits per heavy atom. The fourth-order valence-electron chi connectivity index (χ4n) is 1.77. The number of anilines is 1. The molecule has 18 heavy (non-hydrogen) atoms. The zero-order chi connectivity index (χ0) is 13.0. The SMILES string of the molecule is CC(Nc1ccccc1C#N)c1ccc(I)cc1. The Bertz CT molecular complexity index is 570. The molecule has 0 bridgehead atoms. The van der Waals surface area contributed by atoms with E-state index in [1.165, 1.54) is 9.13 Å². The Hall–Kier alpha value is -1.54. The molecule has 1 unspecified atom stereocenters. The van der Waals surface area contributed by atoms with Crippen molar-refractivity contribution in [2.45, 2.75) is 13.0 Å². The Labute approximate surface area is 121 Å². The van der Waals surface area contributed by atoms with E-state index in [0.717, 1.165) is 5.69 Å². The number of nitriles is 1. The van der Waals surface area contributed by atoms with Crippen molar-refractivity contribution in [2.75, 3.05) is 5.32 Å². The summed E-state index contributed by atoms with van der Waals surface area (Å²) in [6.07, 6.45) is 0. The highest BCUT2D eigenvalue weighted by molar-refractivity contribution is 14.1. The summed E-state index contributed by atoms with van der Waals surface area (Å²) in [6.45, 7) is 2.09. The van der Waals surface area contributed by atoms with E-state index in [0.29, 0.717) is 5.56 Å². The lowest BCUT2D eigenvalue weighted by molar-refractivity contribution is 0.883. The molecule has 0 amide bonds. The van der Waals surface area contributed by atoms with Crippen molar-refractivity contribution in [3.8, 4) is 6.07 Å². The molecule has 2 rings (SSSR count). The van der Waals surface area contributed by atoms with Gasteiger partial charge in [-0.1, -0.05) is 24.3 Å². The number of benzene rings is 2. The molecule has 0 aliphatic carbocycles. The van der Waals surface area contributed by atoms with Gasteiger partial charge in [-0.05, 0) is 59.3 Å². The predicted molar refractivity (Wildman–Crippen MR) is 82.4 cm³/mol. The van der Waals surface area contributed by atoms with Gasteiger partial charge in [0.25, 0.3) is 0 Å². The molecule has 0 saturated heterocycles. The highest BCUT2D eigenvalue weighted by Crippen LogP contribution is 2.22. The molecular weight excluding hydrogens is 335 g/mol. The minimum atomic E-state index is 0.177. The quantitative estimate of drug-likeness (QED) is 0.838. The van der Waals surface area contributed by atoms with E-state index in [4.69, 9.17) is 5.26 Å². The molecule has 90 valence electrons. The molecular formula is C15H13IN2. The predicted octanol–water partition coefficient (Wildman–Crippen LogP) is 4.34. The van der Waals surface area contributed by atoms with Crippen LogP contribution in [-0.4, -0.2) is 0 Å². The summed E-state index contributed by atoms with van der Waals surface area (Å²) in [4.78, 5) is 0. The second-order valence-electron chi connectivity index (χ2n) is 4.07. The molecule has 0 aromatic heterocycles. The molecule has 2 nitrogen and oxygen atoms in total. The number of hydrogen-bond acceptors (Lipinski definition) is 2. The zero-order valence-corrected chi connectivity index (χ0v) is 12.2. The van der Waals surface area contributed by atoms with Crippen LogP contribution in [0.15, 0.2) is 48.5 Å². The van der Waals surface area contributed by atoms with Gasteiger partial charge in [0.15, 0.2) is 0 Å². The summed E-state index contributed by atoms with van der Waals surface area (Å²) in [5, 5.41) is 12.4. The fourth-order valence-corrected chi connectivity index (χ4v) is 2.13. The van der Waals surface area contributed by atoms with Crippen LogP contribution < -0.4 is 5.32 Å². The minimum absolute atomic E-state index is 0.177. The lowest BCUT2D eigenvalue weighted by Gasteiger charge is -2.16. The Morgan fingerprint density at radius 2 is 1.78 bits per heavy atom. The van der Waals surface area contributed by atoms with Crippen LogP contribution in [0.3, 0.4) is 0 Å². The van der Waals surface area contributed by atoms with E-state index >= 15 is 0 Å². The molecule has 3 heteroatoms. The second kappa shape index (κ2) is 5.87. The second-order valence-corrected chi connectivity index (χ2v) is 5.32. The van der Waals surface area contributed by atoms with Gasteiger partial charge in [0.1, 0.15) is 6.07 Å². The van der Waals surface area contributed by atoms with Crippen LogP contribution in [-0.2, 0) is 0 Å². The Morgan fingerprint density at radius 3 is 2.44 bits per heavy atom. The van der Waals surface area contributed by atoms with Crippen LogP contribution in [0.5, 0.6) is 0 Å². The lowest BCUT2D eigenvalue weighted by atomic mass is 10.1. The van der Waals surface area contributed by atoms with E-state index in [-0.39, 0.29) is 6.04 Å². The third kappa shape index (κ3) is 3.02. The number of para-hydroxylation sites is 1. The van der Waals surface area contributed by atoms with Crippen LogP contribution in [0.4, 0.5) is 5.69 Å². The number of nitrogens with zero attached hydrogens (tertiary/aromatic N) is 1. The standard InChI is InChI=1S/C15H13IN2/c1-11(12-6-8-14(16)9-7-12)18-15-5-3-2-4-13(15)10-17/h2-9,11,18H,1H3. The van der Waals surface area contributed by atoms with Crippen LogP contribution >= 0.6 is 22.6 Å². The molecule has 0 spiro atoms. The first kappa shape index (κ1) is 12.9. The third-order valence-corrected chi connectivity index (χ3v) is 3.51. The smallest absolute Gasteiger partial charge is 0.101 e. The summed E-state index contributed by atoms with van der Waals surface area (Å²) in [6, 6.07) is 18.3. The van der Waals surface area contributed by atoms with Crippen molar-refractivity contribution in [3.05, 3.63) is 63.2 Å². The van der Waals surface area contributed by atoms with Crippen molar-refractivity contribution in [1.82, 2.24) is 0 Å². The molecule has 0 aliphatic rings. The topological polar surface area (TPSA) is 35.8 Å². The van der Waals surface area contributed by atoms with Crippen molar-refractivity contribution in [3.63, 3.8) is 0 Å². The van der Waals surface area contributed by atoms with Gasteiger partial charge in [0.05, 0.1) is 11.3 Å². The van der Waals surface area contributed by atoms with Gasteiger partial charge in [-0.15, -0.1) is 0 Å². The largest absolute Gasteiger partial charge is 0.377 e. The van der Waals surface area contributed by atoms with Crippen LogP contribution in [0, 0.1) is 14.9 Å². The monoisotopic (exact) mass is 348 g/mol. The van der Waals surface area contributed by atoms with Gasteiger partial charge in [-0.2, -0.15) is 5.26 Å². The number of nitrogens with one attached hydrogen (secondary N) is 1. The summed E-state index contributed by atoms with van der Waals surface area (Å²) in [7, 11) is 0. The maximum Gasteiger partial charge on any atom is 0.101 e. The van der Waals surface area contributed by atoms with Crippen LogP contribution in [0.25, 0.3) is 0 Å². The Kier molecular flexibility index (Phi) is 4.21. The van der Waals surface area contributed by atoms with E-state index in [2.05, 4.69) is 65.2 Å². The van der Waals surface area contributed by atoms with Crippen molar-refractivity contribution < 1.29 is 0 Å². The van der Waals surface area contributed by atoms with Gasteiger partial charge in [-0.25, -0.2) is 0 Å². The first-order valence-corrected chi connectivity index (χ1v) is 6.79. The van der Waals surface area contributed by atoms with E-state index in [1.54, 1.807) is 0 Å². The van der Waals surface area contributed by atoms with E-state index < -0.39 is 0 Å². The van der Waals surface area contributed by atoms with Gasteiger partial charge < -0.3 is 5.32 Å². The highest BCUT2D eigenvalue weighted by Gasteiger charge is 2.07. The molecule has 0 saturated carbocycles. The third-order valence-electron chi connectivity index (χ3n) is 2.79. The molecule has 2 aromatic carbocycles. The molecule has 0 heterocycles.